The maximum atomic E-state index is 6.30. The normalized spacial score (nSPS) is 14.6. The van der Waals surface area contributed by atoms with Crippen LogP contribution in [0.3, 0.4) is 0 Å². The third-order valence-electron chi connectivity index (χ3n) is 4.39. The quantitative estimate of drug-likeness (QED) is 0.797. The summed E-state index contributed by atoms with van der Waals surface area (Å²) < 4.78 is 0. The molecule has 1 aliphatic heterocycles. The zero-order valence-electron chi connectivity index (χ0n) is 14.1. The number of hydrogen-bond acceptors (Lipinski definition) is 2. The summed E-state index contributed by atoms with van der Waals surface area (Å²) in [5, 5.41) is 5.00. The number of halogens is 1. The van der Waals surface area contributed by atoms with Crippen molar-refractivity contribution in [2.75, 3.05) is 36.4 Å². The van der Waals surface area contributed by atoms with Gasteiger partial charge in [-0.05, 0) is 55.4 Å². The van der Waals surface area contributed by atoms with Crippen LogP contribution in [0.1, 0.15) is 11.1 Å². The van der Waals surface area contributed by atoms with Gasteiger partial charge in [0.15, 0.2) is 5.11 Å². The van der Waals surface area contributed by atoms with Crippen molar-refractivity contribution in [1.29, 1.82) is 0 Å². The Morgan fingerprint density at radius 1 is 1.04 bits per heavy atom. The van der Waals surface area contributed by atoms with Gasteiger partial charge < -0.3 is 15.1 Å². The van der Waals surface area contributed by atoms with E-state index in [9.17, 15) is 0 Å². The van der Waals surface area contributed by atoms with Gasteiger partial charge in [0, 0.05) is 31.9 Å². The number of nitrogens with one attached hydrogen (secondary N) is 1. The molecule has 0 saturated carbocycles. The fourth-order valence-corrected chi connectivity index (χ4v) is 3.47. The molecule has 1 heterocycles. The Hall–Kier alpha value is -1.78. The van der Waals surface area contributed by atoms with Gasteiger partial charge >= 0.3 is 0 Å². The largest absolute Gasteiger partial charge is 0.367 e. The molecule has 2 aromatic carbocycles. The summed E-state index contributed by atoms with van der Waals surface area (Å²) in [6.45, 7) is 7.80. The molecule has 1 saturated heterocycles. The van der Waals surface area contributed by atoms with E-state index in [0.29, 0.717) is 0 Å². The molecule has 5 heteroatoms. The SMILES string of the molecule is Cc1ccc(C)c(NC(=S)N2CCN(c3ccccc3Cl)CC2)c1. The molecular weight excluding hydrogens is 338 g/mol. The Bertz CT molecular complexity index is 739. The molecule has 0 spiro atoms. The van der Waals surface area contributed by atoms with E-state index in [4.69, 9.17) is 23.8 Å². The molecule has 3 nitrogen and oxygen atoms in total. The van der Waals surface area contributed by atoms with E-state index in [0.717, 1.165) is 47.7 Å². The van der Waals surface area contributed by atoms with Gasteiger partial charge in [0.1, 0.15) is 0 Å². The Labute approximate surface area is 154 Å². The van der Waals surface area contributed by atoms with Gasteiger partial charge in [-0.15, -0.1) is 0 Å². The van der Waals surface area contributed by atoms with Crippen LogP contribution in [0, 0.1) is 13.8 Å². The number of nitrogens with zero attached hydrogens (tertiary/aromatic N) is 2. The molecule has 0 atom stereocenters. The van der Waals surface area contributed by atoms with Gasteiger partial charge in [-0.1, -0.05) is 35.9 Å². The predicted octanol–water partition coefficient (Wildman–Crippen LogP) is 4.48. The lowest BCUT2D eigenvalue weighted by Crippen LogP contribution is -2.50. The second-order valence-corrected chi connectivity index (χ2v) is 6.97. The summed E-state index contributed by atoms with van der Waals surface area (Å²) in [4.78, 5) is 4.55. The van der Waals surface area contributed by atoms with Crippen LogP contribution in [0.25, 0.3) is 0 Å². The van der Waals surface area contributed by atoms with Crippen molar-refractivity contribution >= 4 is 40.3 Å². The number of benzene rings is 2. The molecule has 0 aliphatic carbocycles. The topological polar surface area (TPSA) is 18.5 Å². The van der Waals surface area contributed by atoms with Gasteiger partial charge in [0.05, 0.1) is 10.7 Å². The predicted molar refractivity (Wildman–Crippen MR) is 107 cm³/mol. The maximum Gasteiger partial charge on any atom is 0.173 e. The molecule has 24 heavy (non-hydrogen) atoms. The van der Waals surface area contributed by atoms with E-state index in [1.54, 1.807) is 0 Å². The van der Waals surface area contributed by atoms with Crippen LogP contribution >= 0.6 is 23.8 Å². The molecule has 0 aromatic heterocycles. The monoisotopic (exact) mass is 359 g/mol. The maximum absolute atomic E-state index is 6.30. The van der Waals surface area contributed by atoms with Crippen LogP contribution in [-0.2, 0) is 0 Å². The third-order valence-corrected chi connectivity index (χ3v) is 5.07. The van der Waals surface area contributed by atoms with Crippen LogP contribution < -0.4 is 10.2 Å². The number of para-hydroxylation sites is 1. The van der Waals surface area contributed by atoms with E-state index >= 15 is 0 Å². The first-order chi connectivity index (χ1) is 11.5. The molecule has 1 aliphatic rings. The van der Waals surface area contributed by atoms with Crippen LogP contribution in [-0.4, -0.2) is 36.2 Å². The van der Waals surface area contributed by atoms with Crippen molar-refractivity contribution in [3.05, 3.63) is 58.6 Å². The number of piperazine rings is 1. The average molecular weight is 360 g/mol. The Morgan fingerprint density at radius 3 is 2.46 bits per heavy atom. The van der Waals surface area contributed by atoms with Crippen LogP contribution in [0.15, 0.2) is 42.5 Å². The number of hydrogen-bond donors (Lipinski definition) is 1. The highest BCUT2D eigenvalue weighted by Crippen LogP contribution is 2.26. The fourth-order valence-electron chi connectivity index (χ4n) is 2.92. The second kappa shape index (κ2) is 7.41. The van der Waals surface area contributed by atoms with Crippen molar-refractivity contribution in [1.82, 2.24) is 4.90 Å². The lowest BCUT2D eigenvalue weighted by atomic mass is 10.1. The summed E-state index contributed by atoms with van der Waals surface area (Å²) in [6, 6.07) is 14.4. The summed E-state index contributed by atoms with van der Waals surface area (Å²) in [5.74, 6) is 0. The molecule has 126 valence electrons. The zero-order valence-corrected chi connectivity index (χ0v) is 15.6. The van der Waals surface area contributed by atoms with Gasteiger partial charge in [-0.3, -0.25) is 0 Å². The van der Waals surface area contributed by atoms with Crippen LogP contribution in [0.2, 0.25) is 5.02 Å². The summed E-state index contributed by atoms with van der Waals surface area (Å²) in [7, 11) is 0. The fraction of sp³-hybridized carbons (Fsp3) is 0.316. The first-order valence-electron chi connectivity index (χ1n) is 8.17. The Morgan fingerprint density at radius 2 is 1.75 bits per heavy atom. The van der Waals surface area contributed by atoms with E-state index in [1.807, 2.05) is 18.2 Å². The van der Waals surface area contributed by atoms with E-state index in [-0.39, 0.29) is 0 Å². The van der Waals surface area contributed by atoms with Crippen molar-refractivity contribution < 1.29 is 0 Å². The summed E-state index contributed by atoms with van der Waals surface area (Å²) in [5.41, 5.74) is 4.63. The first kappa shape index (κ1) is 17.1. The Kier molecular flexibility index (Phi) is 5.27. The van der Waals surface area contributed by atoms with Crippen molar-refractivity contribution in [3.63, 3.8) is 0 Å². The molecular formula is C19H22ClN3S. The van der Waals surface area contributed by atoms with E-state index in [1.165, 1.54) is 11.1 Å². The second-order valence-electron chi connectivity index (χ2n) is 6.17. The van der Waals surface area contributed by atoms with Crippen molar-refractivity contribution in [2.24, 2.45) is 0 Å². The molecule has 1 N–H and O–H groups in total. The molecule has 0 bridgehead atoms. The number of anilines is 2. The van der Waals surface area contributed by atoms with Crippen molar-refractivity contribution in [3.8, 4) is 0 Å². The molecule has 0 unspecified atom stereocenters. The van der Waals surface area contributed by atoms with Gasteiger partial charge in [-0.25, -0.2) is 0 Å². The van der Waals surface area contributed by atoms with Crippen LogP contribution in [0.5, 0.6) is 0 Å². The minimum absolute atomic E-state index is 0.794. The van der Waals surface area contributed by atoms with Crippen LogP contribution in [0.4, 0.5) is 11.4 Å². The highest BCUT2D eigenvalue weighted by Gasteiger charge is 2.20. The molecule has 0 radical (unpaired) electrons. The third kappa shape index (κ3) is 3.82. The average Bonchev–Trinajstić information content (AvgIpc) is 2.59. The minimum atomic E-state index is 0.794. The Balaban J connectivity index is 1.61. The van der Waals surface area contributed by atoms with E-state index in [2.05, 4.69) is 53.2 Å². The first-order valence-corrected chi connectivity index (χ1v) is 8.96. The smallest absolute Gasteiger partial charge is 0.173 e. The highest BCUT2D eigenvalue weighted by atomic mass is 35.5. The number of rotatable bonds is 2. The van der Waals surface area contributed by atoms with Gasteiger partial charge in [0.2, 0.25) is 0 Å². The lowest BCUT2D eigenvalue weighted by Gasteiger charge is -2.37. The summed E-state index contributed by atoms with van der Waals surface area (Å²) >= 11 is 11.9. The standard InChI is InChI=1S/C19H22ClN3S/c1-14-7-8-15(2)17(13-14)21-19(24)23-11-9-22(10-12-23)18-6-4-3-5-16(18)20/h3-8,13H,9-12H2,1-2H3,(H,21,24). The molecule has 0 amide bonds. The highest BCUT2D eigenvalue weighted by molar-refractivity contribution is 7.80. The van der Waals surface area contributed by atoms with E-state index < -0.39 is 0 Å². The van der Waals surface area contributed by atoms with Gasteiger partial charge in [-0.2, -0.15) is 0 Å². The van der Waals surface area contributed by atoms with Gasteiger partial charge in [0.25, 0.3) is 0 Å². The minimum Gasteiger partial charge on any atom is -0.367 e. The lowest BCUT2D eigenvalue weighted by molar-refractivity contribution is 0.391. The number of aryl methyl sites for hydroxylation is 2. The summed E-state index contributed by atoms with van der Waals surface area (Å²) in [6.07, 6.45) is 0. The molecule has 1 fully saturated rings. The van der Waals surface area contributed by atoms with Crippen molar-refractivity contribution in [2.45, 2.75) is 13.8 Å². The molecule has 3 rings (SSSR count). The number of thiocarbonyl (C=S) groups is 1. The molecule has 2 aromatic rings. The zero-order chi connectivity index (χ0) is 17.1.